The Morgan fingerprint density at radius 2 is 1.70 bits per heavy atom. The molecule has 5 heteroatoms. The maximum Gasteiger partial charge on any atom is 0.150 e. The average molecular weight is 297 g/mol. The van der Waals surface area contributed by atoms with Gasteiger partial charge in [-0.15, -0.1) is 0 Å². The summed E-state index contributed by atoms with van der Waals surface area (Å²) in [5.41, 5.74) is 1.13. The molecule has 104 valence electrons. The van der Waals surface area contributed by atoms with Crippen LogP contribution in [0, 0.1) is 11.6 Å². The Morgan fingerprint density at radius 1 is 1.10 bits per heavy atom. The lowest BCUT2D eigenvalue weighted by Crippen LogP contribution is -1.94. The lowest BCUT2D eigenvalue weighted by atomic mass is 10.0. The summed E-state index contributed by atoms with van der Waals surface area (Å²) in [6, 6.07) is 6.93. The van der Waals surface area contributed by atoms with Crippen LogP contribution in [0.5, 0.6) is 5.75 Å². The smallest absolute Gasteiger partial charge is 0.150 e. The predicted octanol–water partition coefficient (Wildman–Crippen LogP) is 4.50. The molecule has 20 heavy (non-hydrogen) atoms. The van der Waals surface area contributed by atoms with E-state index in [1.54, 1.807) is 19.1 Å². The molecule has 0 spiro atoms. The molecule has 0 saturated heterocycles. The van der Waals surface area contributed by atoms with Gasteiger partial charge in [0.05, 0.1) is 6.61 Å². The molecule has 0 atom stereocenters. The second kappa shape index (κ2) is 6.01. The summed E-state index contributed by atoms with van der Waals surface area (Å²) in [4.78, 5) is 10.9. The number of halogens is 3. The SMILES string of the molecule is CCOc1cc(C=O)cc(-c2cc(F)c(Cl)c(F)c2)c1. The fourth-order valence-electron chi connectivity index (χ4n) is 1.83. The van der Waals surface area contributed by atoms with Gasteiger partial charge in [0.1, 0.15) is 28.7 Å². The zero-order valence-electron chi connectivity index (χ0n) is 10.6. The minimum atomic E-state index is -0.851. The van der Waals surface area contributed by atoms with Crippen molar-refractivity contribution in [1.29, 1.82) is 0 Å². The second-order valence-electron chi connectivity index (χ2n) is 4.10. The highest BCUT2D eigenvalue weighted by Gasteiger charge is 2.11. The van der Waals surface area contributed by atoms with Crippen LogP contribution in [0.4, 0.5) is 8.78 Å². The van der Waals surface area contributed by atoms with Gasteiger partial charge in [0.2, 0.25) is 0 Å². The number of benzene rings is 2. The third-order valence-electron chi connectivity index (χ3n) is 2.69. The molecule has 0 bridgehead atoms. The van der Waals surface area contributed by atoms with Crippen molar-refractivity contribution in [2.24, 2.45) is 0 Å². The topological polar surface area (TPSA) is 26.3 Å². The Kier molecular flexibility index (Phi) is 4.35. The van der Waals surface area contributed by atoms with Crippen molar-refractivity contribution in [3.05, 3.63) is 52.6 Å². The summed E-state index contributed by atoms with van der Waals surface area (Å²) >= 11 is 5.45. The maximum absolute atomic E-state index is 13.5. The Hall–Kier alpha value is -1.94. The van der Waals surface area contributed by atoms with E-state index < -0.39 is 16.7 Å². The molecule has 0 aliphatic heterocycles. The van der Waals surface area contributed by atoms with E-state index in [9.17, 15) is 13.6 Å². The van der Waals surface area contributed by atoms with E-state index in [-0.39, 0.29) is 5.56 Å². The zero-order chi connectivity index (χ0) is 14.7. The summed E-state index contributed by atoms with van der Waals surface area (Å²) in [5.74, 6) is -1.24. The zero-order valence-corrected chi connectivity index (χ0v) is 11.4. The van der Waals surface area contributed by atoms with Gasteiger partial charge in [0.25, 0.3) is 0 Å². The van der Waals surface area contributed by atoms with E-state index in [1.165, 1.54) is 6.07 Å². The van der Waals surface area contributed by atoms with Gasteiger partial charge in [-0.3, -0.25) is 4.79 Å². The van der Waals surface area contributed by atoms with Gasteiger partial charge >= 0.3 is 0 Å². The first-order valence-corrected chi connectivity index (χ1v) is 6.31. The van der Waals surface area contributed by atoms with Crippen LogP contribution in [0.2, 0.25) is 5.02 Å². The summed E-state index contributed by atoms with van der Waals surface area (Å²) in [5, 5.41) is -0.551. The normalized spacial score (nSPS) is 10.4. The third kappa shape index (κ3) is 2.96. The molecule has 0 heterocycles. The van der Waals surface area contributed by atoms with E-state index in [0.29, 0.717) is 29.8 Å². The van der Waals surface area contributed by atoms with Crippen molar-refractivity contribution in [3.8, 4) is 16.9 Å². The standard InChI is InChI=1S/C15H11ClF2O2/c1-2-20-12-4-9(8-19)3-10(5-12)11-6-13(17)15(16)14(18)7-11/h3-8H,2H2,1H3. The van der Waals surface area contributed by atoms with Gasteiger partial charge in [-0.1, -0.05) is 11.6 Å². The number of hydrogen-bond donors (Lipinski definition) is 0. The number of rotatable bonds is 4. The van der Waals surface area contributed by atoms with E-state index in [1.807, 2.05) is 0 Å². The molecule has 0 unspecified atom stereocenters. The number of aldehydes is 1. The molecular formula is C15H11ClF2O2. The molecule has 2 rings (SSSR count). The number of carbonyl (C=O) groups excluding carboxylic acids is 1. The van der Waals surface area contributed by atoms with Crippen molar-refractivity contribution in [2.45, 2.75) is 6.92 Å². The first kappa shape index (κ1) is 14.5. The van der Waals surface area contributed by atoms with Gasteiger partial charge in [-0.05, 0) is 48.4 Å². The van der Waals surface area contributed by atoms with Crippen LogP contribution in [-0.2, 0) is 0 Å². The summed E-state index contributed by atoms with van der Waals surface area (Å²) in [6.07, 6.45) is 0.647. The molecule has 0 aromatic heterocycles. The molecule has 2 aromatic rings. The molecule has 0 radical (unpaired) electrons. The largest absolute Gasteiger partial charge is 0.494 e. The average Bonchev–Trinajstić information content (AvgIpc) is 2.44. The highest BCUT2D eigenvalue weighted by molar-refractivity contribution is 6.31. The van der Waals surface area contributed by atoms with E-state index in [4.69, 9.17) is 16.3 Å². The molecule has 0 fully saturated rings. The molecule has 0 aliphatic carbocycles. The van der Waals surface area contributed by atoms with Crippen molar-refractivity contribution in [1.82, 2.24) is 0 Å². The Balaban J connectivity index is 2.56. The third-order valence-corrected chi connectivity index (χ3v) is 3.05. The quantitative estimate of drug-likeness (QED) is 0.613. The second-order valence-corrected chi connectivity index (χ2v) is 4.47. The number of carbonyl (C=O) groups is 1. The van der Waals surface area contributed by atoms with Gasteiger partial charge in [-0.25, -0.2) is 8.78 Å². The van der Waals surface area contributed by atoms with Crippen LogP contribution >= 0.6 is 11.6 Å². The minimum Gasteiger partial charge on any atom is -0.494 e. The first-order valence-electron chi connectivity index (χ1n) is 5.93. The van der Waals surface area contributed by atoms with Gasteiger partial charge in [0, 0.05) is 5.56 Å². The number of hydrogen-bond acceptors (Lipinski definition) is 2. The summed E-state index contributed by atoms with van der Waals surface area (Å²) in [7, 11) is 0. The lowest BCUT2D eigenvalue weighted by molar-refractivity contribution is 0.112. The van der Waals surface area contributed by atoms with Crippen molar-refractivity contribution >= 4 is 17.9 Å². The Labute approximate surface area is 119 Å². The Morgan fingerprint density at radius 3 is 2.25 bits per heavy atom. The molecule has 0 saturated carbocycles. The molecule has 0 amide bonds. The predicted molar refractivity (Wildman–Crippen MR) is 73.4 cm³/mol. The summed E-state index contributed by atoms with van der Waals surface area (Å²) < 4.78 is 32.3. The van der Waals surface area contributed by atoms with Crippen LogP contribution < -0.4 is 4.74 Å². The van der Waals surface area contributed by atoms with E-state index in [0.717, 1.165) is 12.1 Å². The molecule has 0 N–H and O–H groups in total. The lowest BCUT2D eigenvalue weighted by Gasteiger charge is -2.09. The van der Waals surface area contributed by atoms with Crippen LogP contribution in [0.15, 0.2) is 30.3 Å². The van der Waals surface area contributed by atoms with Crippen LogP contribution in [0.1, 0.15) is 17.3 Å². The maximum atomic E-state index is 13.5. The molecule has 2 aromatic carbocycles. The first-order chi connectivity index (χ1) is 9.55. The highest BCUT2D eigenvalue weighted by atomic mass is 35.5. The fourth-order valence-corrected chi connectivity index (χ4v) is 1.94. The fraction of sp³-hybridized carbons (Fsp3) is 0.133. The van der Waals surface area contributed by atoms with E-state index >= 15 is 0 Å². The molecule has 2 nitrogen and oxygen atoms in total. The van der Waals surface area contributed by atoms with Gasteiger partial charge in [-0.2, -0.15) is 0 Å². The monoisotopic (exact) mass is 296 g/mol. The van der Waals surface area contributed by atoms with Gasteiger partial charge in [0.15, 0.2) is 0 Å². The Bertz CT molecular complexity index is 633. The summed E-state index contributed by atoms with van der Waals surface area (Å²) in [6.45, 7) is 2.22. The molecule has 0 aliphatic rings. The van der Waals surface area contributed by atoms with E-state index in [2.05, 4.69) is 0 Å². The van der Waals surface area contributed by atoms with Crippen LogP contribution in [-0.4, -0.2) is 12.9 Å². The highest BCUT2D eigenvalue weighted by Crippen LogP contribution is 2.30. The van der Waals surface area contributed by atoms with Crippen molar-refractivity contribution in [2.75, 3.05) is 6.61 Å². The minimum absolute atomic E-state index is 0.286. The molecular weight excluding hydrogens is 286 g/mol. The van der Waals surface area contributed by atoms with Crippen LogP contribution in [0.25, 0.3) is 11.1 Å². The number of ether oxygens (including phenoxy) is 1. The van der Waals surface area contributed by atoms with Gasteiger partial charge < -0.3 is 4.74 Å². The van der Waals surface area contributed by atoms with Crippen molar-refractivity contribution in [3.63, 3.8) is 0 Å². The van der Waals surface area contributed by atoms with Crippen molar-refractivity contribution < 1.29 is 18.3 Å². The van der Waals surface area contributed by atoms with Crippen LogP contribution in [0.3, 0.4) is 0 Å².